The third kappa shape index (κ3) is 11.7. The van der Waals surface area contributed by atoms with Gasteiger partial charge in [0.2, 0.25) is 0 Å². The van der Waals surface area contributed by atoms with E-state index in [-0.39, 0.29) is 11.2 Å². The predicted molar refractivity (Wildman–Crippen MR) is 445 cm³/mol. The van der Waals surface area contributed by atoms with Gasteiger partial charge in [0.1, 0.15) is 0 Å². The predicted octanol–water partition coefficient (Wildman–Crippen LogP) is 26.8. The van der Waals surface area contributed by atoms with Crippen molar-refractivity contribution in [2.24, 2.45) is 0 Å². The van der Waals surface area contributed by atoms with Crippen LogP contribution in [0.5, 0.6) is 0 Å². The molecule has 0 amide bonds. The lowest BCUT2D eigenvalue weighted by Gasteiger charge is -2.32. The van der Waals surface area contributed by atoms with Crippen LogP contribution in [0.2, 0.25) is 0 Å². The summed E-state index contributed by atoms with van der Waals surface area (Å²) in [6.07, 6.45) is 0. The number of rotatable bonds is 8. The zero-order chi connectivity index (χ0) is 67.8. The summed E-state index contributed by atoms with van der Waals surface area (Å²) in [5.41, 5.74) is 19.5. The van der Waals surface area contributed by atoms with E-state index in [1.165, 1.54) is 138 Å². The summed E-state index contributed by atoms with van der Waals surface area (Å²) in [4.78, 5) is 0. The fourth-order valence-electron chi connectivity index (χ4n) is 14.2. The molecule has 0 spiro atoms. The maximum absolute atomic E-state index is 6.42. The van der Waals surface area contributed by atoms with Crippen molar-refractivity contribution < 1.29 is 9.31 Å². The van der Waals surface area contributed by atoms with Crippen molar-refractivity contribution in [3.05, 3.63) is 328 Å². The van der Waals surface area contributed by atoms with Gasteiger partial charge in [0, 0.05) is 85.8 Å². The average Bonchev–Trinajstić information content (AvgIpc) is 1.58. The van der Waals surface area contributed by atoms with Gasteiger partial charge in [-0.25, -0.2) is 0 Å². The molecule has 0 N–H and O–H groups in total. The summed E-state index contributed by atoms with van der Waals surface area (Å²) >= 11 is 13.4. The molecule has 4 nitrogen and oxygen atoms in total. The summed E-state index contributed by atoms with van der Waals surface area (Å²) in [6, 6.07) is 114. The van der Waals surface area contributed by atoms with E-state index < -0.39 is 7.12 Å². The maximum Gasteiger partial charge on any atom is 0.494 e. The van der Waals surface area contributed by atoms with Crippen LogP contribution >= 0.6 is 77.1 Å². The van der Waals surface area contributed by atoms with Gasteiger partial charge in [-0.2, -0.15) is 0 Å². The molecule has 18 aromatic rings. The van der Waals surface area contributed by atoms with E-state index in [9.17, 15) is 0 Å². The third-order valence-corrected chi connectivity index (χ3v) is 24.6. The number of benzene rings is 14. The lowest BCUT2D eigenvalue weighted by Crippen LogP contribution is -2.41. The lowest BCUT2D eigenvalue weighted by atomic mass is 9.79. The number of hydrogen-bond donors (Lipinski definition) is 0. The smallest absolute Gasteiger partial charge is 0.399 e. The first-order chi connectivity index (χ1) is 48.8. The molecule has 0 aliphatic carbocycles. The quantitative estimate of drug-likeness (QED) is 0.112. The Labute approximate surface area is 620 Å². The van der Waals surface area contributed by atoms with E-state index >= 15 is 0 Å². The van der Waals surface area contributed by atoms with Gasteiger partial charge in [0.05, 0.1) is 33.3 Å². The fourth-order valence-corrected chi connectivity index (χ4v) is 18.1. The number of nitrogens with zero attached hydrogens (tertiary/aromatic N) is 2. The molecule has 0 unspecified atom stereocenters. The number of halogens is 3. The van der Waals surface area contributed by atoms with E-state index in [4.69, 9.17) is 9.31 Å². The molecule has 1 aliphatic heterocycles. The zero-order valence-corrected chi connectivity index (χ0v) is 62.2. The van der Waals surface area contributed by atoms with Gasteiger partial charge in [-0.15, -0.1) is 22.7 Å². The highest BCUT2D eigenvalue weighted by Crippen LogP contribution is 2.45. The van der Waals surface area contributed by atoms with Gasteiger partial charge in [0.25, 0.3) is 0 Å². The first-order valence-corrected chi connectivity index (χ1v) is 37.9. The Morgan fingerprint density at radius 3 is 1.14 bits per heavy atom. The van der Waals surface area contributed by atoms with Crippen molar-refractivity contribution in [2.75, 3.05) is 0 Å². The van der Waals surface area contributed by atoms with Gasteiger partial charge in [-0.05, 0) is 215 Å². The van der Waals surface area contributed by atoms with Gasteiger partial charge in [-0.3, -0.25) is 0 Å². The molecule has 1 aliphatic rings. The number of aromatic nitrogens is 2. The van der Waals surface area contributed by atoms with Crippen LogP contribution in [0.25, 0.3) is 151 Å². The van der Waals surface area contributed by atoms with Crippen LogP contribution in [0.3, 0.4) is 0 Å². The minimum atomic E-state index is -0.408. The molecule has 19 rings (SSSR count). The molecule has 0 atom stereocenters. The Kier molecular flexibility index (Phi) is 16.9. The van der Waals surface area contributed by atoms with Crippen LogP contribution < -0.4 is 5.46 Å². The normalized spacial score (nSPS) is 13.4. The second kappa shape index (κ2) is 26.4. The average molecular weight is 1570 g/mol. The van der Waals surface area contributed by atoms with Crippen molar-refractivity contribution in [3.63, 3.8) is 0 Å². The van der Waals surface area contributed by atoms with Crippen LogP contribution in [0.1, 0.15) is 27.7 Å². The summed E-state index contributed by atoms with van der Waals surface area (Å²) in [5, 5.41) is 10.2. The fraction of sp³-hybridized carbons (Fsp3) is 0.0667. The van der Waals surface area contributed by atoms with Crippen molar-refractivity contribution in [3.8, 4) is 67.0 Å². The molecular formula is C90H64BBr2IN2O2S2. The number of hydrogen-bond acceptors (Lipinski definition) is 4. The van der Waals surface area contributed by atoms with Crippen LogP contribution in [-0.2, 0) is 9.31 Å². The summed E-state index contributed by atoms with van der Waals surface area (Å²) in [7, 11) is -0.408. The molecular weight excluding hydrogens is 1500 g/mol. The molecule has 1 saturated heterocycles. The van der Waals surface area contributed by atoms with Crippen LogP contribution in [0.15, 0.2) is 324 Å². The van der Waals surface area contributed by atoms with Gasteiger partial charge in [0.15, 0.2) is 0 Å². The molecule has 4 aromatic heterocycles. The van der Waals surface area contributed by atoms with E-state index in [0.717, 1.165) is 31.3 Å². The van der Waals surface area contributed by atoms with E-state index in [1.807, 2.05) is 28.7 Å². The van der Waals surface area contributed by atoms with Gasteiger partial charge in [-0.1, -0.05) is 244 Å². The minimum Gasteiger partial charge on any atom is -0.399 e. The second-order valence-electron chi connectivity index (χ2n) is 26.5. The SMILES string of the molecule is Brc1ccccc1-c1ccccc1-c1ccc2c3ccc(-c4ccc5sc6ccccc6c5c4)cc3n(-c3ccccc3)c2c1.Brc1ccccc1-c1ccccc1I.CC1(C)OB(c2ccc3c4ccc(-c5ccc6sc7ccccc7c6c5)cc4n(-c4ccccc4)c3c2)OC1(C)C. The van der Waals surface area contributed by atoms with Crippen molar-refractivity contribution in [1.82, 2.24) is 9.13 Å². The zero-order valence-electron chi connectivity index (χ0n) is 55.3. The number of para-hydroxylation sites is 2. The molecule has 14 aromatic carbocycles. The largest absolute Gasteiger partial charge is 0.494 e. The summed E-state index contributed by atoms with van der Waals surface area (Å²) in [5.74, 6) is 0. The van der Waals surface area contributed by atoms with E-state index in [1.54, 1.807) is 0 Å². The highest BCUT2D eigenvalue weighted by molar-refractivity contribution is 14.1. The molecule has 100 heavy (non-hydrogen) atoms. The Morgan fingerprint density at radius 1 is 0.300 bits per heavy atom. The van der Waals surface area contributed by atoms with E-state index in [0.29, 0.717) is 0 Å². The van der Waals surface area contributed by atoms with Crippen LogP contribution in [-0.4, -0.2) is 27.5 Å². The van der Waals surface area contributed by atoms with Gasteiger partial charge < -0.3 is 18.4 Å². The summed E-state index contributed by atoms with van der Waals surface area (Å²) in [6.45, 7) is 8.41. The minimum absolute atomic E-state index is 0.386. The maximum atomic E-state index is 6.42. The van der Waals surface area contributed by atoms with E-state index in [2.05, 4.69) is 401 Å². The third-order valence-electron chi connectivity index (χ3n) is 20.0. The molecule has 0 saturated carbocycles. The number of thiophene rings is 2. The summed E-state index contributed by atoms with van der Waals surface area (Å²) < 4.78 is 26.5. The molecule has 0 radical (unpaired) electrons. The first kappa shape index (κ1) is 64.2. The molecule has 0 bridgehead atoms. The Morgan fingerprint density at radius 2 is 0.650 bits per heavy atom. The van der Waals surface area contributed by atoms with Crippen LogP contribution in [0.4, 0.5) is 0 Å². The Balaban J connectivity index is 0.000000126. The number of fused-ring (bicyclic) bond motifs is 12. The molecule has 1 fully saturated rings. The molecule has 482 valence electrons. The second-order valence-corrected chi connectivity index (χ2v) is 31.5. The molecule has 10 heteroatoms. The molecule has 5 heterocycles. The van der Waals surface area contributed by atoms with Crippen molar-refractivity contribution >= 4 is 174 Å². The van der Waals surface area contributed by atoms with Crippen LogP contribution in [0, 0.1) is 3.57 Å². The van der Waals surface area contributed by atoms with Gasteiger partial charge >= 0.3 is 7.12 Å². The topological polar surface area (TPSA) is 28.3 Å². The lowest BCUT2D eigenvalue weighted by molar-refractivity contribution is 0.00578. The van der Waals surface area contributed by atoms with Crippen molar-refractivity contribution in [2.45, 2.75) is 38.9 Å². The highest BCUT2D eigenvalue weighted by Gasteiger charge is 2.52. The first-order valence-electron chi connectivity index (χ1n) is 33.6. The highest BCUT2D eigenvalue weighted by atomic mass is 127. The standard InChI is InChI=1S/C42H26BrNS.C36H30BNO2S.C12H8BrI/c43-38-16-8-6-14-33(38)32-13-5-4-12-31(32)29-19-22-35-34-21-18-28(25-39(34)44(40(35)26-29)30-10-2-1-3-11-30)27-20-23-42-37(24-27)36-15-7-9-17-41(36)45-42;1-35(2)36(3,4)40-37(39-35)25-16-18-28-27-17-14-24(21-31(27)38(32(28)22-25)26-10-6-5-7-11-26)23-15-19-34-30(20-23)29-12-8-9-13-33(29)41-34;13-11-7-3-1-5-9(11)10-6-2-4-8-12(10)14/h1-26H;5-22H,1-4H3;1-8H. The Bertz CT molecular complexity index is 6130. The Hall–Kier alpha value is -9.21. The monoisotopic (exact) mass is 1560 g/mol. The van der Waals surface area contributed by atoms with Crippen molar-refractivity contribution in [1.29, 1.82) is 0 Å².